The van der Waals surface area contributed by atoms with Crippen LogP contribution in [0.1, 0.15) is 48.4 Å². The molecule has 3 N–H and O–H groups in total. The Morgan fingerprint density at radius 2 is 1.82 bits per heavy atom. The lowest BCUT2D eigenvalue weighted by Crippen LogP contribution is -2.24. The number of benzene rings is 2. The zero-order chi connectivity index (χ0) is 31.8. The smallest absolute Gasteiger partial charge is 0.344 e. The molecule has 3 aromatic heterocycles. The van der Waals surface area contributed by atoms with E-state index in [2.05, 4.69) is 42.3 Å². The van der Waals surface area contributed by atoms with Crippen LogP contribution in [0.4, 0.5) is 23.2 Å². The third kappa shape index (κ3) is 6.19. The number of aromatic amines is 1. The van der Waals surface area contributed by atoms with Gasteiger partial charge in [-0.2, -0.15) is 18.2 Å². The average molecular weight is 608 g/mol. The van der Waals surface area contributed by atoms with Gasteiger partial charge in [-0.1, -0.05) is 44.6 Å². The molecule has 5 rings (SSSR count). The van der Waals surface area contributed by atoms with E-state index >= 15 is 4.39 Å². The monoisotopic (exact) mass is 607 g/mol. The number of anilines is 1. The minimum Gasteiger partial charge on any atom is -0.344 e. The van der Waals surface area contributed by atoms with E-state index in [-0.39, 0.29) is 40.7 Å². The van der Waals surface area contributed by atoms with Crippen molar-refractivity contribution in [2.75, 3.05) is 5.32 Å². The van der Waals surface area contributed by atoms with E-state index in [4.69, 9.17) is 4.52 Å². The summed E-state index contributed by atoms with van der Waals surface area (Å²) in [5, 5.41) is 8.84. The van der Waals surface area contributed by atoms with E-state index in [1.807, 2.05) is 20.8 Å². The van der Waals surface area contributed by atoms with Gasteiger partial charge in [0.2, 0.25) is 5.91 Å². The van der Waals surface area contributed by atoms with Gasteiger partial charge in [-0.05, 0) is 42.0 Å². The fourth-order valence-corrected chi connectivity index (χ4v) is 4.22. The van der Waals surface area contributed by atoms with Crippen molar-refractivity contribution in [3.63, 3.8) is 0 Å². The maximum Gasteiger partial charge on any atom is 0.416 e. The molecule has 0 spiro atoms. The third-order valence-corrected chi connectivity index (χ3v) is 6.53. The number of carbonyl (C=O) groups is 2. The maximum absolute atomic E-state index is 15.2. The summed E-state index contributed by atoms with van der Waals surface area (Å²) in [5.74, 6) is -1.79. The van der Waals surface area contributed by atoms with Gasteiger partial charge in [0.15, 0.2) is 11.5 Å². The van der Waals surface area contributed by atoms with Crippen molar-refractivity contribution in [3.05, 3.63) is 90.0 Å². The second-order valence-electron chi connectivity index (χ2n) is 10.8. The number of hydrogen-bond donors (Lipinski definition) is 3. The molecule has 14 heteroatoms. The summed E-state index contributed by atoms with van der Waals surface area (Å²) in [6.07, 6.45) is -2.24. The van der Waals surface area contributed by atoms with E-state index in [1.54, 1.807) is 12.1 Å². The lowest BCUT2D eigenvalue weighted by molar-refractivity contribution is -0.137. The molecule has 0 aliphatic heterocycles. The van der Waals surface area contributed by atoms with E-state index in [0.717, 1.165) is 24.3 Å². The van der Waals surface area contributed by atoms with Crippen LogP contribution >= 0.6 is 0 Å². The summed E-state index contributed by atoms with van der Waals surface area (Å²) in [4.78, 5) is 40.0. The van der Waals surface area contributed by atoms with Crippen LogP contribution in [0.2, 0.25) is 0 Å². The van der Waals surface area contributed by atoms with Crippen LogP contribution in [0.15, 0.2) is 65.8 Å². The number of nitrogens with zero attached hydrogens (tertiary/aromatic N) is 4. The zero-order valence-corrected chi connectivity index (χ0v) is 23.6. The molecule has 0 bridgehead atoms. The van der Waals surface area contributed by atoms with Crippen LogP contribution in [-0.4, -0.2) is 36.9 Å². The fourth-order valence-electron chi connectivity index (χ4n) is 4.22. The first kappa shape index (κ1) is 30.1. The summed E-state index contributed by atoms with van der Waals surface area (Å²) in [6, 6.07) is 8.76. The molecule has 3 heterocycles. The lowest BCUT2D eigenvalue weighted by Gasteiger charge is -2.12. The number of halogens is 4. The molecule has 0 fully saturated rings. The Morgan fingerprint density at radius 3 is 2.48 bits per heavy atom. The normalized spacial score (nSPS) is 11.9. The first-order valence-corrected chi connectivity index (χ1v) is 13.2. The Labute approximate surface area is 247 Å². The molecule has 2 amide bonds. The van der Waals surface area contributed by atoms with E-state index < -0.39 is 34.8 Å². The quantitative estimate of drug-likeness (QED) is 0.148. The first-order chi connectivity index (χ1) is 20.7. The highest BCUT2D eigenvalue weighted by molar-refractivity contribution is 6.02. The third-order valence-electron chi connectivity index (χ3n) is 6.53. The van der Waals surface area contributed by atoms with Crippen molar-refractivity contribution < 1.29 is 31.7 Å². The van der Waals surface area contributed by atoms with Crippen LogP contribution < -0.4 is 10.6 Å². The number of carbonyl (C=O) groups excluding carboxylic acids is 2. The highest BCUT2D eigenvalue weighted by Gasteiger charge is 2.32. The highest BCUT2D eigenvalue weighted by atomic mass is 19.4. The molecular weight excluding hydrogens is 582 g/mol. The molecule has 0 radical (unpaired) electrons. The molecule has 0 saturated heterocycles. The second kappa shape index (κ2) is 11.4. The summed E-state index contributed by atoms with van der Waals surface area (Å²) in [6.45, 7) is 8.80. The number of aromatic nitrogens is 5. The number of H-pyrrole nitrogens is 1. The molecule has 0 aliphatic carbocycles. The number of imidazole rings is 1. The molecule has 44 heavy (non-hydrogen) atoms. The maximum atomic E-state index is 15.2. The van der Waals surface area contributed by atoms with Gasteiger partial charge in [0.1, 0.15) is 11.6 Å². The predicted octanol–water partition coefficient (Wildman–Crippen LogP) is 6.18. The first-order valence-electron chi connectivity index (χ1n) is 13.2. The SMILES string of the molecule is C=CC(=O)Nc1ccc(C(F)(F)F)cc1-c1nc2nccc(-c3ccc(CNC(=O)c4nc(C(C)(C)C)no4)c(F)c3)c2[nH]1. The second-order valence-corrected chi connectivity index (χ2v) is 10.8. The van der Waals surface area contributed by atoms with Crippen LogP contribution in [0, 0.1) is 5.82 Å². The number of alkyl halides is 3. The van der Waals surface area contributed by atoms with Gasteiger partial charge in [0.05, 0.1) is 16.8 Å². The minimum atomic E-state index is -4.65. The largest absolute Gasteiger partial charge is 0.416 e. The van der Waals surface area contributed by atoms with Crippen LogP contribution in [-0.2, 0) is 22.9 Å². The Hall–Kier alpha value is -5.40. The Morgan fingerprint density at radius 1 is 1.05 bits per heavy atom. The fraction of sp³-hybridized carbons (Fsp3) is 0.200. The topological polar surface area (TPSA) is 139 Å². The summed E-state index contributed by atoms with van der Waals surface area (Å²) < 4.78 is 60.8. The van der Waals surface area contributed by atoms with Gasteiger partial charge in [-0.15, -0.1) is 0 Å². The van der Waals surface area contributed by atoms with E-state index in [9.17, 15) is 22.8 Å². The molecule has 0 atom stereocenters. The molecule has 0 unspecified atom stereocenters. The van der Waals surface area contributed by atoms with Crippen molar-refractivity contribution in [1.29, 1.82) is 0 Å². The van der Waals surface area contributed by atoms with Crippen molar-refractivity contribution >= 4 is 28.7 Å². The van der Waals surface area contributed by atoms with Crippen LogP contribution in [0.5, 0.6) is 0 Å². The average Bonchev–Trinajstić information content (AvgIpc) is 3.64. The molecule has 0 saturated carbocycles. The van der Waals surface area contributed by atoms with Crippen molar-refractivity contribution in [3.8, 4) is 22.5 Å². The van der Waals surface area contributed by atoms with Gasteiger partial charge < -0.3 is 20.1 Å². The molecule has 226 valence electrons. The van der Waals surface area contributed by atoms with E-state index in [1.165, 1.54) is 18.3 Å². The molecule has 10 nitrogen and oxygen atoms in total. The Balaban J connectivity index is 1.44. The van der Waals surface area contributed by atoms with E-state index in [0.29, 0.717) is 22.5 Å². The number of rotatable bonds is 7. The van der Waals surface area contributed by atoms with Crippen LogP contribution in [0.3, 0.4) is 0 Å². The Bertz CT molecular complexity index is 1900. The number of pyridine rings is 1. The van der Waals surface area contributed by atoms with Gasteiger partial charge in [-0.25, -0.2) is 14.4 Å². The number of hydrogen-bond acceptors (Lipinski definition) is 7. The number of fused-ring (bicyclic) bond motifs is 1. The van der Waals surface area contributed by atoms with Crippen molar-refractivity contribution in [2.45, 2.75) is 38.9 Å². The summed E-state index contributed by atoms with van der Waals surface area (Å²) in [7, 11) is 0. The highest BCUT2D eigenvalue weighted by Crippen LogP contribution is 2.37. The molecule has 2 aromatic carbocycles. The molecular formula is C30H25F4N7O3. The molecule has 0 aliphatic rings. The summed E-state index contributed by atoms with van der Waals surface area (Å²) in [5.41, 5.74) is 0.200. The minimum absolute atomic E-state index is 0.000796. The standard InChI is InChI=1S/C30H25F4N7O3/c1-5-22(42)37-21-9-8-17(30(32,33)34)13-19(21)24-38-23-18(10-11-35-25(23)39-24)15-6-7-16(20(31)12-15)14-36-26(43)27-40-28(41-44-27)29(2,3)4/h5-13H,1,14H2,2-4H3,(H,36,43)(H,37,42)(H,35,38,39). The number of nitrogens with one attached hydrogen (secondary N) is 3. The number of amides is 2. The Kier molecular flexibility index (Phi) is 7.76. The van der Waals surface area contributed by atoms with Gasteiger partial charge in [0, 0.05) is 34.8 Å². The van der Waals surface area contributed by atoms with Crippen LogP contribution in [0.25, 0.3) is 33.7 Å². The lowest BCUT2D eigenvalue weighted by atomic mass is 9.96. The van der Waals surface area contributed by atoms with Crippen molar-refractivity contribution in [2.24, 2.45) is 0 Å². The van der Waals surface area contributed by atoms with Gasteiger partial charge >= 0.3 is 18.0 Å². The van der Waals surface area contributed by atoms with Gasteiger partial charge in [0.25, 0.3) is 0 Å². The predicted molar refractivity (Wildman–Crippen MR) is 153 cm³/mol. The summed E-state index contributed by atoms with van der Waals surface area (Å²) >= 11 is 0. The van der Waals surface area contributed by atoms with Crippen molar-refractivity contribution in [1.82, 2.24) is 30.4 Å². The molecule has 5 aromatic rings. The van der Waals surface area contributed by atoms with Gasteiger partial charge in [-0.3, -0.25) is 9.59 Å². The zero-order valence-electron chi connectivity index (χ0n) is 23.6.